The first kappa shape index (κ1) is 13.6. The number of aliphatic hydroxyl groups excluding tert-OH is 1. The number of carboxylic acids is 1. The van der Waals surface area contributed by atoms with E-state index in [-0.39, 0.29) is 6.23 Å². The van der Waals surface area contributed by atoms with Crippen molar-refractivity contribution < 1.29 is 19.8 Å². The normalized spacial score (nSPS) is 11.5. The third-order valence-electron chi connectivity index (χ3n) is 1.05. The Kier molecular flexibility index (Phi) is 7.67. The monoisotopic (exact) mass is 177 g/mol. The Bertz CT molecular complexity index is 135. The molecule has 72 valence electrons. The minimum atomic E-state index is -1.38. The van der Waals surface area contributed by atoms with Crippen LogP contribution in [0.1, 0.15) is 13.8 Å². The molecule has 5 heteroatoms. The lowest BCUT2D eigenvalue weighted by atomic mass is 10.5. The van der Waals surface area contributed by atoms with Crippen molar-refractivity contribution in [1.29, 1.82) is 0 Å². The van der Waals surface area contributed by atoms with Crippen LogP contribution in [0.15, 0.2) is 0 Å². The Balaban J connectivity index is 0. The van der Waals surface area contributed by atoms with E-state index in [1.54, 1.807) is 11.8 Å². The highest BCUT2D eigenvalue weighted by atomic mass is 16.4. The molecular formula is C7H15NO4. The van der Waals surface area contributed by atoms with Gasteiger partial charge in [-0.05, 0) is 21.0 Å². The number of ketones is 1. The first-order valence-electron chi connectivity index (χ1n) is 3.37. The number of hydrogen-bond donors (Lipinski definition) is 2. The third-order valence-corrected chi connectivity index (χ3v) is 1.05. The van der Waals surface area contributed by atoms with Gasteiger partial charge in [-0.2, -0.15) is 0 Å². The van der Waals surface area contributed by atoms with Crippen molar-refractivity contribution >= 4 is 11.8 Å². The van der Waals surface area contributed by atoms with Crippen LogP contribution < -0.4 is 0 Å². The van der Waals surface area contributed by atoms with E-state index in [1.807, 2.05) is 14.1 Å². The highest BCUT2D eigenvalue weighted by Crippen LogP contribution is 1.79. The summed E-state index contributed by atoms with van der Waals surface area (Å²) >= 11 is 0. The van der Waals surface area contributed by atoms with Gasteiger partial charge in [0, 0.05) is 6.92 Å². The van der Waals surface area contributed by atoms with Crippen molar-refractivity contribution in [2.24, 2.45) is 0 Å². The van der Waals surface area contributed by atoms with Gasteiger partial charge in [0.2, 0.25) is 5.78 Å². The Labute approximate surface area is 71.6 Å². The third kappa shape index (κ3) is 11.8. The number of aliphatic hydroxyl groups is 1. The van der Waals surface area contributed by atoms with E-state index < -0.39 is 11.8 Å². The lowest BCUT2D eigenvalue weighted by Crippen LogP contribution is -2.23. The molecule has 0 aliphatic rings. The molecule has 0 spiro atoms. The summed E-state index contributed by atoms with van der Waals surface area (Å²) in [6.45, 7) is 2.72. The van der Waals surface area contributed by atoms with Gasteiger partial charge in [0.05, 0.1) is 0 Å². The van der Waals surface area contributed by atoms with Gasteiger partial charge in [0.15, 0.2) is 0 Å². The van der Waals surface area contributed by atoms with Crippen LogP contribution >= 0.6 is 0 Å². The summed E-state index contributed by atoms with van der Waals surface area (Å²) in [5.74, 6) is -2.20. The summed E-state index contributed by atoms with van der Waals surface area (Å²) in [5.41, 5.74) is 0. The average molecular weight is 177 g/mol. The molecule has 1 unspecified atom stereocenters. The molecular weight excluding hydrogens is 162 g/mol. The first-order chi connectivity index (χ1) is 5.29. The Morgan fingerprint density at radius 2 is 1.50 bits per heavy atom. The molecule has 0 aliphatic heterocycles. The molecule has 0 radical (unpaired) electrons. The second-order valence-electron chi connectivity index (χ2n) is 2.46. The van der Waals surface area contributed by atoms with E-state index >= 15 is 0 Å². The van der Waals surface area contributed by atoms with Gasteiger partial charge in [-0.1, -0.05) is 0 Å². The number of carboxylic acid groups (broad SMARTS) is 1. The van der Waals surface area contributed by atoms with Crippen molar-refractivity contribution in [1.82, 2.24) is 4.90 Å². The van der Waals surface area contributed by atoms with Gasteiger partial charge in [0.1, 0.15) is 6.23 Å². The summed E-state index contributed by atoms with van der Waals surface area (Å²) in [7, 11) is 3.65. The lowest BCUT2D eigenvalue weighted by Gasteiger charge is -2.11. The molecule has 0 saturated carbocycles. The molecule has 5 nitrogen and oxygen atoms in total. The van der Waals surface area contributed by atoms with Gasteiger partial charge < -0.3 is 10.2 Å². The molecule has 12 heavy (non-hydrogen) atoms. The smallest absolute Gasteiger partial charge is 0.371 e. The molecule has 2 N–H and O–H groups in total. The maximum absolute atomic E-state index is 9.54. The molecule has 0 amide bonds. The fraction of sp³-hybridized carbons (Fsp3) is 0.714. The number of rotatable bonds is 2. The van der Waals surface area contributed by atoms with Crippen molar-refractivity contribution in [2.75, 3.05) is 14.1 Å². The van der Waals surface area contributed by atoms with Crippen molar-refractivity contribution in [2.45, 2.75) is 20.1 Å². The fourth-order valence-corrected chi connectivity index (χ4v) is 0. The number of carbonyl (C=O) groups excluding carboxylic acids is 1. The van der Waals surface area contributed by atoms with Crippen molar-refractivity contribution in [3.63, 3.8) is 0 Å². The average Bonchev–Trinajstić information content (AvgIpc) is 1.88. The second-order valence-corrected chi connectivity index (χ2v) is 2.46. The van der Waals surface area contributed by atoms with E-state index in [1.165, 1.54) is 0 Å². The molecule has 0 bridgehead atoms. The highest BCUT2D eigenvalue weighted by molar-refractivity contribution is 6.31. The number of nitrogens with zero attached hydrogens (tertiary/aromatic N) is 1. The Morgan fingerprint density at radius 3 is 1.50 bits per heavy atom. The summed E-state index contributed by atoms with van der Waals surface area (Å²) in [6, 6.07) is 0. The van der Waals surface area contributed by atoms with E-state index in [0.29, 0.717) is 0 Å². The number of hydrogen-bond acceptors (Lipinski definition) is 4. The largest absolute Gasteiger partial charge is 0.476 e. The van der Waals surface area contributed by atoms with Crippen LogP contribution in [0, 0.1) is 0 Å². The van der Waals surface area contributed by atoms with E-state index in [4.69, 9.17) is 10.2 Å². The number of aliphatic carboxylic acids is 1. The van der Waals surface area contributed by atoms with Gasteiger partial charge >= 0.3 is 5.97 Å². The number of carbonyl (C=O) groups is 2. The number of Topliss-reactive ketones (excluding diaryl/α,β-unsaturated/α-hetero) is 1. The molecule has 0 fully saturated rings. The molecule has 0 aromatic rings. The first-order valence-corrected chi connectivity index (χ1v) is 3.37. The van der Waals surface area contributed by atoms with Crippen LogP contribution in [0.25, 0.3) is 0 Å². The van der Waals surface area contributed by atoms with E-state index in [2.05, 4.69) is 0 Å². The molecule has 1 atom stereocenters. The van der Waals surface area contributed by atoms with Crippen LogP contribution in [-0.2, 0) is 9.59 Å². The lowest BCUT2D eigenvalue weighted by molar-refractivity contribution is -0.148. The standard InChI is InChI=1S/C4H11NO.C3H4O3/c1-4(6)5(2)3;1-2(4)3(5)6/h4,6H,1-3H3;1H3,(H,5,6). The van der Waals surface area contributed by atoms with Crippen LogP contribution in [0.4, 0.5) is 0 Å². The zero-order chi connectivity index (χ0) is 10.3. The Hall–Kier alpha value is -0.940. The van der Waals surface area contributed by atoms with Crippen LogP contribution in [0.3, 0.4) is 0 Å². The van der Waals surface area contributed by atoms with Crippen LogP contribution in [-0.4, -0.2) is 47.2 Å². The summed E-state index contributed by atoms with van der Waals surface area (Å²) in [5, 5.41) is 16.2. The van der Waals surface area contributed by atoms with Gasteiger partial charge in [-0.25, -0.2) is 4.79 Å². The predicted octanol–water partition coefficient (Wildman–Crippen LogP) is -0.454. The van der Waals surface area contributed by atoms with Crippen LogP contribution in [0.5, 0.6) is 0 Å². The maximum atomic E-state index is 9.54. The molecule has 0 heterocycles. The summed E-state index contributed by atoms with van der Waals surface area (Å²) < 4.78 is 0. The minimum absolute atomic E-state index is 0.315. The van der Waals surface area contributed by atoms with Gasteiger partial charge in [-0.3, -0.25) is 9.69 Å². The quantitative estimate of drug-likeness (QED) is 0.441. The molecule has 0 aromatic heterocycles. The zero-order valence-electron chi connectivity index (χ0n) is 7.74. The second kappa shape index (κ2) is 6.75. The molecule has 0 saturated heterocycles. The summed E-state index contributed by atoms with van der Waals surface area (Å²) in [6.07, 6.45) is -0.315. The SMILES string of the molecule is CC(=O)C(=O)O.CC(O)N(C)C. The maximum Gasteiger partial charge on any atom is 0.371 e. The van der Waals surface area contributed by atoms with Crippen molar-refractivity contribution in [3.8, 4) is 0 Å². The summed E-state index contributed by atoms with van der Waals surface area (Å²) in [4.78, 5) is 20.6. The van der Waals surface area contributed by atoms with Gasteiger partial charge in [0.25, 0.3) is 0 Å². The van der Waals surface area contributed by atoms with Gasteiger partial charge in [-0.15, -0.1) is 0 Å². The zero-order valence-corrected chi connectivity index (χ0v) is 7.74. The predicted molar refractivity (Wildman–Crippen MR) is 43.7 cm³/mol. The fourth-order valence-electron chi connectivity index (χ4n) is 0. The Morgan fingerprint density at radius 1 is 1.33 bits per heavy atom. The van der Waals surface area contributed by atoms with Crippen LogP contribution in [0.2, 0.25) is 0 Å². The highest BCUT2D eigenvalue weighted by Gasteiger charge is 1.99. The molecule has 0 aliphatic carbocycles. The molecule has 0 rings (SSSR count). The van der Waals surface area contributed by atoms with E-state index in [9.17, 15) is 9.59 Å². The molecule has 0 aromatic carbocycles. The van der Waals surface area contributed by atoms with E-state index in [0.717, 1.165) is 6.92 Å². The minimum Gasteiger partial charge on any atom is -0.476 e. The topological polar surface area (TPSA) is 77.8 Å². The van der Waals surface area contributed by atoms with Crippen molar-refractivity contribution in [3.05, 3.63) is 0 Å².